The fraction of sp³-hybridized carbons (Fsp3) is 1.00. The molecule has 0 radical (unpaired) electrons. The summed E-state index contributed by atoms with van der Waals surface area (Å²) in [5.41, 5.74) is 0. The standard InChI is InChI=1S/C13H28N2O/c1-2-13(12-16)6-4-3-5-9-15-10-7-14-8-11-15/h13-14,16H,2-12H2,1H3. The molecule has 0 bridgehead atoms. The molecule has 0 aromatic carbocycles. The molecule has 3 nitrogen and oxygen atoms in total. The van der Waals surface area contributed by atoms with Gasteiger partial charge in [0.2, 0.25) is 0 Å². The summed E-state index contributed by atoms with van der Waals surface area (Å²) < 4.78 is 0. The quantitative estimate of drug-likeness (QED) is 0.618. The van der Waals surface area contributed by atoms with E-state index in [-0.39, 0.29) is 0 Å². The highest BCUT2D eigenvalue weighted by atomic mass is 16.3. The zero-order chi connectivity index (χ0) is 11.6. The molecule has 1 aliphatic rings. The summed E-state index contributed by atoms with van der Waals surface area (Å²) in [6.45, 7) is 8.54. The summed E-state index contributed by atoms with van der Waals surface area (Å²) in [6, 6.07) is 0. The lowest BCUT2D eigenvalue weighted by molar-refractivity contribution is 0.208. The van der Waals surface area contributed by atoms with Crippen molar-refractivity contribution in [2.75, 3.05) is 39.3 Å². The Balaban J connectivity index is 1.90. The minimum Gasteiger partial charge on any atom is -0.396 e. The van der Waals surface area contributed by atoms with E-state index < -0.39 is 0 Å². The molecule has 16 heavy (non-hydrogen) atoms. The number of piperazine rings is 1. The first-order valence-corrected chi connectivity index (χ1v) is 6.90. The average molecular weight is 228 g/mol. The average Bonchev–Trinajstić information content (AvgIpc) is 2.35. The van der Waals surface area contributed by atoms with Crippen molar-refractivity contribution in [1.29, 1.82) is 0 Å². The Kier molecular flexibility index (Phi) is 7.81. The zero-order valence-corrected chi connectivity index (χ0v) is 10.7. The molecule has 2 N–H and O–H groups in total. The number of rotatable bonds is 8. The molecule has 0 amide bonds. The maximum absolute atomic E-state index is 9.07. The van der Waals surface area contributed by atoms with Crippen molar-refractivity contribution in [3.8, 4) is 0 Å². The van der Waals surface area contributed by atoms with Gasteiger partial charge in [0.05, 0.1) is 0 Å². The second-order valence-electron chi connectivity index (χ2n) is 4.90. The smallest absolute Gasteiger partial charge is 0.0459 e. The highest BCUT2D eigenvalue weighted by molar-refractivity contribution is 4.67. The van der Waals surface area contributed by atoms with Gasteiger partial charge in [-0.3, -0.25) is 0 Å². The third kappa shape index (κ3) is 5.83. The number of nitrogens with one attached hydrogen (secondary N) is 1. The normalized spacial score (nSPS) is 19.9. The maximum atomic E-state index is 9.07. The van der Waals surface area contributed by atoms with Gasteiger partial charge in [-0.1, -0.05) is 26.2 Å². The molecule has 1 atom stereocenters. The number of hydrogen-bond acceptors (Lipinski definition) is 3. The number of unbranched alkanes of at least 4 members (excludes halogenated alkanes) is 2. The first-order valence-electron chi connectivity index (χ1n) is 6.90. The van der Waals surface area contributed by atoms with Crippen molar-refractivity contribution < 1.29 is 5.11 Å². The Morgan fingerprint density at radius 1 is 1.19 bits per heavy atom. The monoisotopic (exact) mass is 228 g/mol. The van der Waals surface area contributed by atoms with Crippen molar-refractivity contribution in [3.63, 3.8) is 0 Å². The summed E-state index contributed by atoms with van der Waals surface area (Å²) in [5.74, 6) is 0.541. The Morgan fingerprint density at radius 2 is 1.94 bits per heavy atom. The van der Waals surface area contributed by atoms with E-state index in [1.807, 2.05) is 0 Å². The summed E-state index contributed by atoms with van der Waals surface area (Å²) in [6.07, 6.45) is 6.25. The molecule has 1 saturated heterocycles. The molecule has 1 unspecified atom stereocenters. The molecule has 0 aromatic heterocycles. The van der Waals surface area contributed by atoms with Crippen molar-refractivity contribution in [2.45, 2.75) is 39.0 Å². The highest BCUT2D eigenvalue weighted by Crippen LogP contribution is 2.12. The molecular weight excluding hydrogens is 200 g/mol. The molecule has 0 saturated carbocycles. The van der Waals surface area contributed by atoms with Crippen LogP contribution in [0.1, 0.15) is 39.0 Å². The summed E-state index contributed by atoms with van der Waals surface area (Å²) in [7, 11) is 0. The van der Waals surface area contributed by atoms with Crippen LogP contribution in [0.5, 0.6) is 0 Å². The van der Waals surface area contributed by atoms with Crippen molar-refractivity contribution in [2.24, 2.45) is 5.92 Å². The Hall–Kier alpha value is -0.120. The van der Waals surface area contributed by atoms with Crippen LogP contribution >= 0.6 is 0 Å². The van der Waals surface area contributed by atoms with Crippen LogP contribution < -0.4 is 5.32 Å². The fourth-order valence-corrected chi connectivity index (χ4v) is 2.30. The van der Waals surface area contributed by atoms with Crippen molar-refractivity contribution >= 4 is 0 Å². The van der Waals surface area contributed by atoms with E-state index in [9.17, 15) is 0 Å². The van der Waals surface area contributed by atoms with Crippen LogP contribution in [-0.2, 0) is 0 Å². The molecule has 3 heteroatoms. The van der Waals surface area contributed by atoms with E-state index in [1.165, 1.54) is 45.3 Å². The molecule has 1 aliphatic heterocycles. The predicted octanol–water partition coefficient (Wildman–Crippen LogP) is 1.47. The third-order valence-electron chi connectivity index (χ3n) is 3.63. The van der Waals surface area contributed by atoms with Crippen LogP contribution in [0.4, 0.5) is 0 Å². The number of aliphatic hydroxyl groups excluding tert-OH is 1. The van der Waals surface area contributed by atoms with Gasteiger partial charge < -0.3 is 15.3 Å². The summed E-state index contributed by atoms with van der Waals surface area (Å²) >= 11 is 0. The predicted molar refractivity (Wildman–Crippen MR) is 68.6 cm³/mol. The van der Waals surface area contributed by atoms with E-state index in [4.69, 9.17) is 5.11 Å². The second-order valence-corrected chi connectivity index (χ2v) is 4.90. The van der Waals surface area contributed by atoms with Crippen LogP contribution in [0, 0.1) is 5.92 Å². The third-order valence-corrected chi connectivity index (χ3v) is 3.63. The van der Waals surface area contributed by atoms with Gasteiger partial charge in [-0.05, 0) is 25.3 Å². The first kappa shape index (κ1) is 13.9. The minimum absolute atomic E-state index is 0.369. The van der Waals surface area contributed by atoms with Gasteiger partial charge in [0.1, 0.15) is 0 Å². The Morgan fingerprint density at radius 3 is 2.56 bits per heavy atom. The molecule has 1 rings (SSSR count). The second kappa shape index (κ2) is 8.97. The number of aliphatic hydroxyl groups is 1. The van der Waals surface area contributed by atoms with Crippen LogP contribution in [0.3, 0.4) is 0 Å². The van der Waals surface area contributed by atoms with Crippen LogP contribution in [0.25, 0.3) is 0 Å². The van der Waals surface area contributed by atoms with Crippen molar-refractivity contribution in [3.05, 3.63) is 0 Å². The molecule has 1 heterocycles. The minimum atomic E-state index is 0.369. The molecule has 96 valence electrons. The zero-order valence-electron chi connectivity index (χ0n) is 10.7. The highest BCUT2D eigenvalue weighted by Gasteiger charge is 2.08. The lowest BCUT2D eigenvalue weighted by Gasteiger charge is -2.27. The summed E-state index contributed by atoms with van der Waals surface area (Å²) in [5, 5.41) is 12.4. The number of hydrogen-bond donors (Lipinski definition) is 2. The van der Waals surface area contributed by atoms with Gasteiger partial charge in [-0.2, -0.15) is 0 Å². The van der Waals surface area contributed by atoms with Gasteiger partial charge >= 0.3 is 0 Å². The van der Waals surface area contributed by atoms with Gasteiger partial charge in [0.15, 0.2) is 0 Å². The lowest BCUT2D eigenvalue weighted by atomic mass is 9.99. The fourth-order valence-electron chi connectivity index (χ4n) is 2.30. The first-order chi connectivity index (χ1) is 7.86. The van der Waals surface area contributed by atoms with Crippen LogP contribution in [-0.4, -0.2) is 49.3 Å². The summed E-state index contributed by atoms with van der Waals surface area (Å²) in [4.78, 5) is 2.56. The van der Waals surface area contributed by atoms with Gasteiger partial charge in [-0.15, -0.1) is 0 Å². The van der Waals surface area contributed by atoms with Gasteiger partial charge in [0.25, 0.3) is 0 Å². The largest absolute Gasteiger partial charge is 0.396 e. The maximum Gasteiger partial charge on any atom is 0.0459 e. The lowest BCUT2D eigenvalue weighted by Crippen LogP contribution is -2.43. The molecule has 0 aliphatic carbocycles. The van der Waals surface area contributed by atoms with E-state index >= 15 is 0 Å². The van der Waals surface area contributed by atoms with Gasteiger partial charge in [-0.25, -0.2) is 0 Å². The van der Waals surface area contributed by atoms with E-state index in [1.54, 1.807) is 0 Å². The van der Waals surface area contributed by atoms with E-state index in [0.717, 1.165) is 19.5 Å². The van der Waals surface area contributed by atoms with Crippen LogP contribution in [0.2, 0.25) is 0 Å². The molecular formula is C13H28N2O. The van der Waals surface area contributed by atoms with Crippen molar-refractivity contribution in [1.82, 2.24) is 10.2 Å². The van der Waals surface area contributed by atoms with Crippen LogP contribution in [0.15, 0.2) is 0 Å². The Bertz CT molecular complexity index is 154. The van der Waals surface area contributed by atoms with E-state index in [0.29, 0.717) is 12.5 Å². The molecule has 0 spiro atoms. The topological polar surface area (TPSA) is 35.5 Å². The SMILES string of the molecule is CCC(CO)CCCCCN1CCNCC1. The molecule has 1 fully saturated rings. The molecule has 0 aromatic rings. The van der Waals surface area contributed by atoms with Gasteiger partial charge in [0, 0.05) is 32.8 Å². The van der Waals surface area contributed by atoms with E-state index in [2.05, 4.69) is 17.1 Å². The number of nitrogens with zero attached hydrogens (tertiary/aromatic N) is 1. The Labute approximate surface area is 100 Å².